The highest BCUT2D eigenvalue weighted by atomic mass is 79.9. The SMILES string of the molecule is CCCNC(C1=COCCC1)c1sccc1Br. The van der Waals surface area contributed by atoms with Gasteiger partial charge in [-0.3, -0.25) is 0 Å². The summed E-state index contributed by atoms with van der Waals surface area (Å²) >= 11 is 5.42. The molecule has 0 amide bonds. The largest absolute Gasteiger partial charge is 0.501 e. The molecular weight excluding hydrogens is 298 g/mol. The number of hydrogen-bond donors (Lipinski definition) is 1. The number of rotatable bonds is 5. The highest BCUT2D eigenvalue weighted by molar-refractivity contribution is 9.10. The van der Waals surface area contributed by atoms with Crippen LogP contribution in [0.4, 0.5) is 0 Å². The summed E-state index contributed by atoms with van der Waals surface area (Å²) in [5.74, 6) is 0. The maximum absolute atomic E-state index is 5.47. The first kappa shape index (κ1) is 13.1. The van der Waals surface area contributed by atoms with E-state index in [9.17, 15) is 0 Å². The van der Waals surface area contributed by atoms with E-state index >= 15 is 0 Å². The van der Waals surface area contributed by atoms with E-state index in [0.717, 1.165) is 32.4 Å². The summed E-state index contributed by atoms with van der Waals surface area (Å²) in [6, 6.07) is 2.43. The lowest BCUT2D eigenvalue weighted by molar-refractivity contribution is 0.219. The maximum Gasteiger partial charge on any atom is 0.0876 e. The van der Waals surface area contributed by atoms with Crippen LogP contribution in [-0.2, 0) is 4.74 Å². The first-order valence-electron chi connectivity index (χ1n) is 6.09. The van der Waals surface area contributed by atoms with Gasteiger partial charge in [-0.2, -0.15) is 0 Å². The summed E-state index contributed by atoms with van der Waals surface area (Å²) in [5.41, 5.74) is 1.37. The molecule has 0 spiro atoms. The van der Waals surface area contributed by atoms with E-state index in [4.69, 9.17) is 4.74 Å². The highest BCUT2D eigenvalue weighted by Crippen LogP contribution is 2.35. The van der Waals surface area contributed by atoms with Gasteiger partial charge in [-0.25, -0.2) is 0 Å². The molecule has 1 aliphatic heterocycles. The minimum atomic E-state index is 0.310. The van der Waals surface area contributed by atoms with Gasteiger partial charge in [-0.05, 0) is 58.8 Å². The molecule has 1 N–H and O–H groups in total. The lowest BCUT2D eigenvalue weighted by Crippen LogP contribution is -2.24. The number of ether oxygens (including phenoxy) is 1. The van der Waals surface area contributed by atoms with Gasteiger partial charge >= 0.3 is 0 Å². The van der Waals surface area contributed by atoms with Crippen molar-refractivity contribution in [2.45, 2.75) is 32.2 Å². The second-order valence-electron chi connectivity index (χ2n) is 4.19. The van der Waals surface area contributed by atoms with Gasteiger partial charge in [0.05, 0.1) is 18.9 Å². The summed E-state index contributed by atoms with van der Waals surface area (Å²) in [4.78, 5) is 1.36. The van der Waals surface area contributed by atoms with E-state index in [-0.39, 0.29) is 0 Å². The third-order valence-corrected chi connectivity index (χ3v) is 4.77. The Morgan fingerprint density at radius 1 is 1.59 bits per heavy atom. The molecule has 2 nitrogen and oxygen atoms in total. The van der Waals surface area contributed by atoms with E-state index in [1.54, 1.807) is 11.3 Å². The molecule has 0 fully saturated rings. The van der Waals surface area contributed by atoms with Gasteiger partial charge in [0.15, 0.2) is 0 Å². The molecule has 1 aromatic rings. The third-order valence-electron chi connectivity index (χ3n) is 2.84. The molecule has 0 bridgehead atoms. The van der Waals surface area contributed by atoms with E-state index in [1.165, 1.54) is 14.9 Å². The average Bonchev–Trinajstić information content (AvgIpc) is 2.78. The smallest absolute Gasteiger partial charge is 0.0876 e. The van der Waals surface area contributed by atoms with Gasteiger partial charge in [0.1, 0.15) is 0 Å². The zero-order valence-electron chi connectivity index (χ0n) is 10.0. The van der Waals surface area contributed by atoms with Crippen LogP contribution in [0.2, 0.25) is 0 Å². The van der Waals surface area contributed by atoms with Gasteiger partial charge in [0.2, 0.25) is 0 Å². The van der Waals surface area contributed by atoms with E-state index in [2.05, 4.69) is 39.6 Å². The Kier molecular flexibility index (Phi) is 5.07. The second kappa shape index (κ2) is 6.57. The molecule has 1 atom stereocenters. The molecule has 0 aliphatic carbocycles. The van der Waals surface area contributed by atoms with Crippen molar-refractivity contribution in [2.75, 3.05) is 13.2 Å². The molecule has 0 saturated heterocycles. The van der Waals surface area contributed by atoms with Gasteiger partial charge in [0, 0.05) is 9.35 Å². The second-order valence-corrected chi connectivity index (χ2v) is 5.99. The highest BCUT2D eigenvalue weighted by Gasteiger charge is 2.21. The number of hydrogen-bond acceptors (Lipinski definition) is 3. The van der Waals surface area contributed by atoms with E-state index in [0.29, 0.717) is 6.04 Å². The molecule has 2 rings (SSSR count). The summed E-state index contributed by atoms with van der Waals surface area (Å²) in [6.07, 6.45) is 5.35. The Morgan fingerprint density at radius 3 is 3.06 bits per heavy atom. The van der Waals surface area contributed by atoms with Gasteiger partial charge in [0.25, 0.3) is 0 Å². The Hall–Kier alpha value is -0.320. The molecule has 1 aromatic heterocycles. The van der Waals surface area contributed by atoms with Crippen LogP contribution in [0.3, 0.4) is 0 Å². The Labute approximate surface area is 115 Å². The molecule has 4 heteroatoms. The van der Waals surface area contributed by atoms with E-state index < -0.39 is 0 Å². The Morgan fingerprint density at radius 2 is 2.47 bits per heavy atom. The first-order valence-corrected chi connectivity index (χ1v) is 7.77. The van der Waals surface area contributed by atoms with Crippen LogP contribution < -0.4 is 5.32 Å². The maximum atomic E-state index is 5.47. The molecule has 0 radical (unpaired) electrons. The zero-order valence-corrected chi connectivity index (χ0v) is 12.4. The van der Waals surface area contributed by atoms with Crippen LogP contribution in [0.15, 0.2) is 27.8 Å². The lowest BCUT2D eigenvalue weighted by atomic mass is 10.0. The summed E-state index contributed by atoms with van der Waals surface area (Å²) in [5, 5.41) is 5.74. The fourth-order valence-corrected chi connectivity index (χ4v) is 3.71. The molecule has 1 aliphatic rings. The molecular formula is C13H18BrNOS. The van der Waals surface area contributed by atoms with Crippen LogP contribution in [0.5, 0.6) is 0 Å². The van der Waals surface area contributed by atoms with Gasteiger partial charge < -0.3 is 10.1 Å². The fraction of sp³-hybridized carbons (Fsp3) is 0.538. The van der Waals surface area contributed by atoms with Crippen LogP contribution in [0.1, 0.15) is 37.1 Å². The quantitative estimate of drug-likeness (QED) is 0.877. The zero-order chi connectivity index (χ0) is 12.1. The minimum absolute atomic E-state index is 0.310. The van der Waals surface area contributed by atoms with Crippen molar-refractivity contribution in [3.8, 4) is 0 Å². The lowest BCUT2D eigenvalue weighted by Gasteiger charge is -2.24. The van der Waals surface area contributed by atoms with E-state index in [1.807, 2.05) is 6.26 Å². The monoisotopic (exact) mass is 315 g/mol. The van der Waals surface area contributed by atoms with Crippen LogP contribution in [-0.4, -0.2) is 13.2 Å². The summed E-state index contributed by atoms with van der Waals surface area (Å²) in [6.45, 7) is 4.08. The predicted octanol–water partition coefficient (Wildman–Crippen LogP) is 4.25. The van der Waals surface area contributed by atoms with Crippen LogP contribution in [0, 0.1) is 0 Å². The third kappa shape index (κ3) is 3.33. The molecule has 0 aromatic carbocycles. The summed E-state index contributed by atoms with van der Waals surface area (Å²) < 4.78 is 6.67. The number of nitrogens with one attached hydrogen (secondary N) is 1. The van der Waals surface area contributed by atoms with Crippen molar-refractivity contribution in [1.29, 1.82) is 0 Å². The van der Waals surface area contributed by atoms with Crippen molar-refractivity contribution in [2.24, 2.45) is 0 Å². The predicted molar refractivity (Wildman–Crippen MR) is 76.3 cm³/mol. The Balaban J connectivity index is 2.18. The van der Waals surface area contributed by atoms with Crippen molar-refractivity contribution >= 4 is 27.3 Å². The topological polar surface area (TPSA) is 21.3 Å². The minimum Gasteiger partial charge on any atom is -0.501 e. The molecule has 94 valence electrons. The van der Waals surface area contributed by atoms with Crippen LogP contribution in [0.25, 0.3) is 0 Å². The number of halogens is 1. The fourth-order valence-electron chi connectivity index (χ4n) is 1.99. The number of thiophene rings is 1. The average molecular weight is 316 g/mol. The summed E-state index contributed by atoms with van der Waals surface area (Å²) in [7, 11) is 0. The van der Waals surface area contributed by atoms with Gasteiger partial charge in [-0.15, -0.1) is 11.3 Å². The molecule has 2 heterocycles. The molecule has 0 saturated carbocycles. The van der Waals surface area contributed by atoms with Crippen molar-refractivity contribution < 1.29 is 4.74 Å². The van der Waals surface area contributed by atoms with Crippen molar-refractivity contribution in [3.63, 3.8) is 0 Å². The van der Waals surface area contributed by atoms with Crippen molar-refractivity contribution in [3.05, 3.63) is 32.6 Å². The Bertz CT molecular complexity index is 389. The normalized spacial score (nSPS) is 17.4. The van der Waals surface area contributed by atoms with Crippen molar-refractivity contribution in [1.82, 2.24) is 5.32 Å². The first-order chi connectivity index (χ1) is 8.33. The standard InChI is InChI=1S/C13H18BrNOS/c1-2-6-15-12(10-4-3-7-16-9-10)13-11(14)5-8-17-13/h5,8-9,12,15H,2-4,6-7H2,1H3. The van der Waals surface area contributed by atoms with Crippen LogP contribution >= 0.6 is 27.3 Å². The van der Waals surface area contributed by atoms with Gasteiger partial charge in [-0.1, -0.05) is 6.92 Å². The molecule has 1 unspecified atom stereocenters. The molecule has 17 heavy (non-hydrogen) atoms.